The Balaban J connectivity index is 2.55. The Bertz CT molecular complexity index is 381. The molecule has 0 saturated carbocycles. The highest BCUT2D eigenvalue weighted by molar-refractivity contribution is 7.97. The van der Waals surface area contributed by atoms with Crippen LogP contribution in [0.15, 0.2) is 30.6 Å². The second-order valence-electron chi connectivity index (χ2n) is 2.62. The number of benzene rings is 1. The molecule has 0 N–H and O–H groups in total. The largest absolute Gasteiger partial charge is 0.321 e. The molecule has 0 saturated heterocycles. The van der Waals surface area contributed by atoms with Crippen LogP contribution >= 0.6 is 11.8 Å². The molecule has 2 rings (SSSR count). The van der Waals surface area contributed by atoms with Gasteiger partial charge in [-0.15, -0.1) is 11.8 Å². The van der Waals surface area contributed by atoms with E-state index in [4.69, 9.17) is 0 Å². The van der Waals surface area contributed by atoms with Crippen LogP contribution in [0.4, 0.5) is 0 Å². The number of rotatable bonds is 2. The van der Waals surface area contributed by atoms with E-state index in [0.29, 0.717) is 0 Å². The average molecular weight is 178 g/mol. The Kier molecular flexibility index (Phi) is 2.04. The van der Waals surface area contributed by atoms with Crippen LogP contribution in [0.2, 0.25) is 0 Å². The summed E-state index contributed by atoms with van der Waals surface area (Å²) in [6, 6.07) is 8.18. The van der Waals surface area contributed by atoms with E-state index < -0.39 is 0 Å². The van der Waals surface area contributed by atoms with Crippen molar-refractivity contribution in [1.29, 1.82) is 0 Å². The summed E-state index contributed by atoms with van der Waals surface area (Å²) in [7, 11) is 0. The van der Waals surface area contributed by atoms with Crippen LogP contribution in [0.5, 0.6) is 0 Å². The quantitative estimate of drug-likeness (QED) is 0.702. The van der Waals surface area contributed by atoms with Crippen LogP contribution < -0.4 is 0 Å². The van der Waals surface area contributed by atoms with E-state index in [-0.39, 0.29) is 0 Å². The molecule has 0 fully saturated rings. The van der Waals surface area contributed by atoms with Gasteiger partial charge in [0, 0.05) is 0 Å². The van der Waals surface area contributed by atoms with E-state index in [0.717, 1.165) is 11.4 Å². The summed E-state index contributed by atoms with van der Waals surface area (Å²) < 4.78 is 2.15. The number of hydrogen-bond donors (Lipinski definition) is 0. The summed E-state index contributed by atoms with van der Waals surface area (Å²) in [5, 5.41) is 0. The van der Waals surface area contributed by atoms with Crippen LogP contribution in [-0.2, 0) is 5.88 Å². The first kappa shape index (κ1) is 7.68. The van der Waals surface area contributed by atoms with E-state index in [1.807, 2.05) is 24.5 Å². The van der Waals surface area contributed by atoms with Crippen molar-refractivity contribution >= 4 is 22.8 Å². The van der Waals surface area contributed by atoms with Crippen LogP contribution in [-0.4, -0.2) is 15.8 Å². The van der Waals surface area contributed by atoms with Crippen LogP contribution in [0.1, 0.15) is 0 Å². The molecule has 0 aliphatic carbocycles. The van der Waals surface area contributed by atoms with Gasteiger partial charge in [-0.25, -0.2) is 4.98 Å². The van der Waals surface area contributed by atoms with Crippen molar-refractivity contribution in [2.24, 2.45) is 0 Å². The molecule has 0 amide bonds. The summed E-state index contributed by atoms with van der Waals surface area (Å²) >= 11 is 1.80. The third-order valence-corrected chi connectivity index (χ3v) is 2.33. The van der Waals surface area contributed by atoms with Gasteiger partial charge in [0.25, 0.3) is 0 Å². The zero-order valence-corrected chi connectivity index (χ0v) is 7.71. The number of imidazole rings is 1. The molecule has 0 aliphatic heterocycles. The maximum atomic E-state index is 4.29. The van der Waals surface area contributed by atoms with Gasteiger partial charge in [0.15, 0.2) is 0 Å². The predicted molar refractivity (Wildman–Crippen MR) is 53.2 cm³/mol. The number of para-hydroxylation sites is 2. The summed E-state index contributed by atoms with van der Waals surface area (Å²) in [6.45, 7) is 0. The van der Waals surface area contributed by atoms with Crippen LogP contribution in [0.3, 0.4) is 0 Å². The monoisotopic (exact) mass is 178 g/mol. The molecule has 2 nitrogen and oxygen atoms in total. The van der Waals surface area contributed by atoms with E-state index in [1.54, 1.807) is 11.8 Å². The molecule has 1 aromatic carbocycles. The fourth-order valence-electron chi connectivity index (χ4n) is 1.25. The number of aromatic nitrogens is 2. The molecule has 0 atom stereocenters. The zero-order chi connectivity index (χ0) is 8.39. The molecule has 1 aromatic heterocycles. The molecule has 2 aromatic rings. The van der Waals surface area contributed by atoms with Crippen molar-refractivity contribution < 1.29 is 0 Å². The van der Waals surface area contributed by atoms with Crippen molar-refractivity contribution in [3.8, 4) is 0 Å². The number of thioether (sulfide) groups is 1. The lowest BCUT2D eigenvalue weighted by molar-refractivity contribution is 0.924. The smallest absolute Gasteiger partial charge is 0.0965 e. The molecule has 0 radical (unpaired) electrons. The highest BCUT2D eigenvalue weighted by Crippen LogP contribution is 2.13. The summed E-state index contributed by atoms with van der Waals surface area (Å²) in [4.78, 5) is 4.29. The van der Waals surface area contributed by atoms with Crippen molar-refractivity contribution in [3.05, 3.63) is 30.6 Å². The average Bonchev–Trinajstić information content (AvgIpc) is 2.50. The molecule has 0 bridgehead atoms. The molecule has 0 aliphatic rings. The van der Waals surface area contributed by atoms with Crippen LogP contribution in [0.25, 0.3) is 11.0 Å². The van der Waals surface area contributed by atoms with Gasteiger partial charge in [-0.3, -0.25) is 0 Å². The third-order valence-electron chi connectivity index (χ3n) is 1.80. The fourth-order valence-corrected chi connectivity index (χ4v) is 1.74. The Labute approximate surface area is 75.6 Å². The van der Waals surface area contributed by atoms with Gasteiger partial charge in [-0.2, -0.15) is 0 Å². The first-order chi connectivity index (χ1) is 5.92. The van der Waals surface area contributed by atoms with Crippen LogP contribution in [0, 0.1) is 0 Å². The Hall–Kier alpha value is -0.960. The molecule has 12 heavy (non-hydrogen) atoms. The van der Waals surface area contributed by atoms with Gasteiger partial charge in [-0.05, 0) is 18.4 Å². The molecular weight excluding hydrogens is 168 g/mol. The Morgan fingerprint density at radius 1 is 1.42 bits per heavy atom. The molecule has 0 unspecified atom stereocenters. The Morgan fingerprint density at radius 3 is 3.08 bits per heavy atom. The number of nitrogens with zero attached hydrogens (tertiary/aromatic N) is 2. The van der Waals surface area contributed by atoms with Crippen molar-refractivity contribution in [3.63, 3.8) is 0 Å². The molecule has 62 valence electrons. The SMILES string of the molecule is CSCn1cnc2ccccc21. The summed E-state index contributed by atoms with van der Waals surface area (Å²) in [5.41, 5.74) is 2.29. The summed E-state index contributed by atoms with van der Waals surface area (Å²) in [6.07, 6.45) is 3.98. The zero-order valence-electron chi connectivity index (χ0n) is 6.90. The highest BCUT2D eigenvalue weighted by Gasteiger charge is 1.98. The number of hydrogen-bond acceptors (Lipinski definition) is 2. The van der Waals surface area contributed by atoms with Gasteiger partial charge >= 0.3 is 0 Å². The molecule has 1 heterocycles. The topological polar surface area (TPSA) is 17.8 Å². The van der Waals surface area contributed by atoms with Gasteiger partial charge in [0.05, 0.1) is 23.2 Å². The van der Waals surface area contributed by atoms with E-state index in [2.05, 4.69) is 21.9 Å². The van der Waals surface area contributed by atoms with E-state index in [1.165, 1.54) is 5.52 Å². The lowest BCUT2D eigenvalue weighted by atomic mass is 10.3. The van der Waals surface area contributed by atoms with E-state index in [9.17, 15) is 0 Å². The predicted octanol–water partition coefficient (Wildman–Crippen LogP) is 2.36. The Morgan fingerprint density at radius 2 is 2.25 bits per heavy atom. The first-order valence-electron chi connectivity index (χ1n) is 3.80. The number of fused-ring (bicyclic) bond motifs is 1. The minimum atomic E-state index is 0.973. The van der Waals surface area contributed by atoms with Gasteiger partial charge in [0.1, 0.15) is 0 Å². The maximum Gasteiger partial charge on any atom is 0.0965 e. The van der Waals surface area contributed by atoms with Gasteiger partial charge in [0.2, 0.25) is 0 Å². The first-order valence-corrected chi connectivity index (χ1v) is 5.20. The molecule has 0 spiro atoms. The fraction of sp³-hybridized carbons (Fsp3) is 0.222. The summed E-state index contributed by atoms with van der Waals surface area (Å²) in [5.74, 6) is 0.973. The lowest BCUT2D eigenvalue weighted by Gasteiger charge is -1.98. The second kappa shape index (κ2) is 3.19. The minimum absolute atomic E-state index is 0.973. The third kappa shape index (κ3) is 1.20. The second-order valence-corrected chi connectivity index (χ2v) is 3.46. The maximum absolute atomic E-state index is 4.29. The van der Waals surface area contributed by atoms with E-state index >= 15 is 0 Å². The molecular formula is C9H10N2S. The lowest BCUT2D eigenvalue weighted by Crippen LogP contribution is -1.89. The minimum Gasteiger partial charge on any atom is -0.321 e. The standard InChI is InChI=1S/C9H10N2S/c1-12-7-11-6-10-8-4-2-3-5-9(8)11/h2-6H,7H2,1H3. The van der Waals surface area contributed by atoms with Crippen molar-refractivity contribution in [2.45, 2.75) is 5.88 Å². The van der Waals surface area contributed by atoms with Crippen molar-refractivity contribution in [1.82, 2.24) is 9.55 Å². The highest BCUT2D eigenvalue weighted by atomic mass is 32.2. The normalized spacial score (nSPS) is 10.8. The molecule has 3 heteroatoms. The van der Waals surface area contributed by atoms with Gasteiger partial charge in [-0.1, -0.05) is 12.1 Å². The van der Waals surface area contributed by atoms with Crippen molar-refractivity contribution in [2.75, 3.05) is 6.26 Å². The van der Waals surface area contributed by atoms with Gasteiger partial charge < -0.3 is 4.57 Å².